The molecule has 11 heteroatoms. The van der Waals surface area contributed by atoms with Gasteiger partial charge in [0.05, 0.1) is 16.0 Å². The third-order valence-corrected chi connectivity index (χ3v) is 5.45. The second-order valence-electron chi connectivity index (χ2n) is 5.40. The average Bonchev–Trinajstić information content (AvgIpc) is 3.10. The molecule has 1 fully saturated rings. The molecule has 1 N–H and O–H groups in total. The first-order chi connectivity index (χ1) is 12.1. The second kappa shape index (κ2) is 6.63. The van der Waals surface area contributed by atoms with Crippen LogP contribution in [0.5, 0.6) is 0 Å². The fourth-order valence-corrected chi connectivity index (χ4v) is 4.05. The second-order valence-corrected chi connectivity index (χ2v) is 7.26. The minimum absolute atomic E-state index is 0.221. The van der Waals surface area contributed by atoms with E-state index < -0.39 is 47.6 Å². The molecule has 0 aliphatic carbocycles. The van der Waals surface area contributed by atoms with Gasteiger partial charge in [0.2, 0.25) is 0 Å². The molecule has 2 heterocycles. The summed E-state index contributed by atoms with van der Waals surface area (Å²) < 4.78 is 52.7. The van der Waals surface area contributed by atoms with Gasteiger partial charge in [-0.3, -0.25) is 14.8 Å². The molecule has 2 aromatic rings. The molecular formula is C15H9BrF4N2O3S. The molecule has 5 nitrogen and oxygen atoms in total. The zero-order chi connectivity index (χ0) is 19.2. The summed E-state index contributed by atoms with van der Waals surface area (Å²) in [5.74, 6) is -3.16. The lowest BCUT2D eigenvalue weighted by Gasteiger charge is -2.25. The lowest BCUT2D eigenvalue weighted by Crippen LogP contribution is -2.34. The zero-order valence-electron chi connectivity index (χ0n) is 12.6. The summed E-state index contributed by atoms with van der Waals surface area (Å²) in [4.78, 5) is 25.7. The van der Waals surface area contributed by atoms with Crippen LogP contribution >= 0.6 is 27.3 Å². The smallest absolute Gasteiger partial charge is 0.302 e. The van der Waals surface area contributed by atoms with Crippen molar-refractivity contribution >= 4 is 39.1 Å². The minimum Gasteiger partial charge on any atom is -0.302 e. The Bertz CT molecular complexity index is 886. The first kappa shape index (κ1) is 18.8. The highest BCUT2D eigenvalue weighted by Crippen LogP contribution is 2.36. The maximum Gasteiger partial charge on any atom is 0.416 e. The highest BCUT2D eigenvalue weighted by molar-refractivity contribution is 9.10. The van der Waals surface area contributed by atoms with E-state index in [4.69, 9.17) is 0 Å². The Morgan fingerprint density at radius 2 is 2.00 bits per heavy atom. The summed E-state index contributed by atoms with van der Waals surface area (Å²) in [6.07, 6.45) is -5.94. The molecule has 0 bridgehead atoms. The predicted molar refractivity (Wildman–Crippen MR) is 85.8 cm³/mol. The lowest BCUT2D eigenvalue weighted by atomic mass is 10.1. The van der Waals surface area contributed by atoms with Crippen molar-refractivity contribution in [3.05, 3.63) is 55.9 Å². The summed E-state index contributed by atoms with van der Waals surface area (Å²) in [6, 6.07) is 3.09. The monoisotopic (exact) mass is 452 g/mol. The minimum atomic E-state index is -4.75. The molecule has 138 valence electrons. The molecule has 1 aliphatic rings. The first-order valence-corrected chi connectivity index (χ1v) is 8.69. The Morgan fingerprint density at radius 3 is 2.54 bits per heavy atom. The molecule has 1 saturated heterocycles. The van der Waals surface area contributed by atoms with Crippen LogP contribution in [0.2, 0.25) is 0 Å². The maximum atomic E-state index is 14.1. The van der Waals surface area contributed by atoms with E-state index in [1.807, 2.05) is 0 Å². The van der Waals surface area contributed by atoms with Gasteiger partial charge in [-0.25, -0.2) is 4.39 Å². The van der Waals surface area contributed by atoms with Crippen LogP contribution < -0.4 is 0 Å². The van der Waals surface area contributed by atoms with E-state index in [1.54, 1.807) is 11.4 Å². The van der Waals surface area contributed by atoms with Crippen LogP contribution in [0, 0.1) is 5.82 Å². The number of hydroxylamine groups is 2. The van der Waals surface area contributed by atoms with Crippen LogP contribution in [0.25, 0.3) is 0 Å². The van der Waals surface area contributed by atoms with Gasteiger partial charge in [0, 0.05) is 9.85 Å². The highest BCUT2D eigenvalue weighted by Gasteiger charge is 2.43. The van der Waals surface area contributed by atoms with Crippen LogP contribution in [0.4, 0.5) is 17.6 Å². The lowest BCUT2D eigenvalue weighted by molar-refractivity contribution is -0.168. The zero-order valence-corrected chi connectivity index (χ0v) is 15.0. The number of nitrogens with zero attached hydrogens (tertiary/aromatic N) is 2. The van der Waals surface area contributed by atoms with Crippen molar-refractivity contribution in [3.8, 4) is 0 Å². The molecule has 1 unspecified atom stereocenters. The maximum absolute atomic E-state index is 14.1. The Morgan fingerprint density at radius 1 is 1.31 bits per heavy atom. The number of alkyl halides is 3. The van der Waals surface area contributed by atoms with Gasteiger partial charge in [0.15, 0.2) is 6.17 Å². The van der Waals surface area contributed by atoms with Crippen molar-refractivity contribution < 1.29 is 32.4 Å². The standard InChI is InChI=1S/C15H9BrF4N2O3S/c16-8-4-11(26-6-8)13-21(5-12(23)22(13)25)14(24)9-2-1-7(3-10(9)17)15(18,19)20/h1-4,6,13,25H,5H2. The molecule has 0 saturated carbocycles. The third kappa shape index (κ3) is 3.33. The van der Waals surface area contributed by atoms with E-state index in [9.17, 15) is 32.4 Å². The molecule has 26 heavy (non-hydrogen) atoms. The van der Waals surface area contributed by atoms with E-state index in [0.717, 1.165) is 16.2 Å². The van der Waals surface area contributed by atoms with Crippen LogP contribution in [-0.2, 0) is 11.0 Å². The van der Waals surface area contributed by atoms with Gasteiger partial charge in [-0.15, -0.1) is 11.3 Å². The quantitative estimate of drug-likeness (QED) is 0.552. The molecular weight excluding hydrogens is 444 g/mol. The summed E-state index contributed by atoms with van der Waals surface area (Å²) >= 11 is 4.35. The van der Waals surface area contributed by atoms with Crippen LogP contribution in [0.1, 0.15) is 27.0 Å². The largest absolute Gasteiger partial charge is 0.416 e. The Labute approximate surface area is 156 Å². The van der Waals surface area contributed by atoms with E-state index in [0.29, 0.717) is 26.5 Å². The van der Waals surface area contributed by atoms with Gasteiger partial charge in [0.1, 0.15) is 12.4 Å². The molecule has 0 radical (unpaired) electrons. The molecule has 2 amide bonds. The molecule has 1 aliphatic heterocycles. The number of hydrogen-bond acceptors (Lipinski definition) is 4. The van der Waals surface area contributed by atoms with Crippen molar-refractivity contribution in [2.45, 2.75) is 12.3 Å². The molecule has 1 atom stereocenters. The van der Waals surface area contributed by atoms with E-state index in [-0.39, 0.29) is 6.07 Å². The third-order valence-electron chi connectivity index (χ3n) is 3.72. The van der Waals surface area contributed by atoms with Gasteiger partial charge in [-0.2, -0.15) is 18.2 Å². The van der Waals surface area contributed by atoms with Crippen LogP contribution in [0.3, 0.4) is 0 Å². The van der Waals surface area contributed by atoms with E-state index in [1.165, 1.54) is 0 Å². The Balaban J connectivity index is 1.97. The van der Waals surface area contributed by atoms with Crippen LogP contribution in [-0.4, -0.2) is 33.5 Å². The topological polar surface area (TPSA) is 60.9 Å². The Kier molecular flexibility index (Phi) is 4.80. The van der Waals surface area contributed by atoms with Gasteiger partial charge in [-0.05, 0) is 40.2 Å². The van der Waals surface area contributed by atoms with Crippen molar-refractivity contribution in [1.82, 2.24) is 9.96 Å². The van der Waals surface area contributed by atoms with Crippen molar-refractivity contribution in [2.24, 2.45) is 0 Å². The number of hydrogen-bond donors (Lipinski definition) is 1. The molecule has 0 spiro atoms. The summed E-state index contributed by atoms with van der Waals surface area (Å²) in [6.45, 7) is -0.532. The first-order valence-electron chi connectivity index (χ1n) is 7.02. The molecule has 1 aromatic carbocycles. The normalized spacial score (nSPS) is 17.9. The summed E-state index contributed by atoms with van der Waals surface area (Å²) in [7, 11) is 0. The van der Waals surface area contributed by atoms with Gasteiger partial charge >= 0.3 is 6.18 Å². The van der Waals surface area contributed by atoms with Crippen LogP contribution in [0.15, 0.2) is 34.1 Å². The average molecular weight is 453 g/mol. The number of halogens is 5. The number of amides is 2. The highest BCUT2D eigenvalue weighted by atomic mass is 79.9. The Hall–Kier alpha value is -1.98. The molecule has 1 aromatic heterocycles. The number of benzene rings is 1. The number of thiophene rings is 1. The number of rotatable bonds is 2. The number of carbonyl (C=O) groups excluding carboxylic acids is 2. The van der Waals surface area contributed by atoms with Crippen molar-refractivity contribution in [3.63, 3.8) is 0 Å². The van der Waals surface area contributed by atoms with Gasteiger partial charge < -0.3 is 4.90 Å². The van der Waals surface area contributed by atoms with Crippen molar-refractivity contribution in [1.29, 1.82) is 0 Å². The number of carbonyl (C=O) groups is 2. The molecule has 3 rings (SSSR count). The van der Waals surface area contributed by atoms with Crippen molar-refractivity contribution in [2.75, 3.05) is 6.54 Å². The van der Waals surface area contributed by atoms with E-state index in [2.05, 4.69) is 15.9 Å². The SMILES string of the molecule is O=C1CN(C(=O)c2ccc(C(F)(F)F)cc2F)C(c2cc(Br)cs2)N1O. The summed E-state index contributed by atoms with van der Waals surface area (Å²) in [5, 5.41) is 12.0. The van der Waals surface area contributed by atoms with E-state index >= 15 is 0 Å². The predicted octanol–water partition coefficient (Wildman–Crippen LogP) is 4.04. The fraction of sp³-hybridized carbons (Fsp3) is 0.200. The fourth-order valence-electron chi connectivity index (χ4n) is 2.51. The van der Waals surface area contributed by atoms with Gasteiger partial charge in [-0.1, -0.05) is 0 Å². The summed E-state index contributed by atoms with van der Waals surface area (Å²) in [5.41, 5.74) is -1.85. The van der Waals surface area contributed by atoms with Gasteiger partial charge in [0.25, 0.3) is 11.8 Å².